The van der Waals surface area contributed by atoms with Gasteiger partial charge >= 0.3 is 0 Å². The quantitative estimate of drug-likeness (QED) is 0.433. The Balaban J connectivity index is 2.11. The number of halogens is 2. The van der Waals surface area contributed by atoms with Crippen molar-refractivity contribution in [3.8, 4) is 17.1 Å². The largest absolute Gasteiger partial charge is 0.491 e. The predicted octanol–water partition coefficient (Wildman–Crippen LogP) is 3.54. The normalized spacial score (nSPS) is 15.9. The molecule has 2 aromatic rings. The van der Waals surface area contributed by atoms with Crippen molar-refractivity contribution in [3.05, 3.63) is 40.2 Å². The summed E-state index contributed by atoms with van der Waals surface area (Å²) >= 11 is 6.53. The number of carbonyl (C=O) groups excluding carboxylic acids is 2. The fourth-order valence-electron chi connectivity index (χ4n) is 4.43. The number of hydrogen-bond donors (Lipinski definition) is 2. The third kappa shape index (κ3) is 6.07. The number of nitrogens with zero attached hydrogens (tertiary/aromatic N) is 4. The first kappa shape index (κ1) is 29.3. The van der Waals surface area contributed by atoms with E-state index >= 15 is 4.39 Å². The number of Topliss-reactive ketones (excluding diaryl/α,β-unsaturated/α-hetero) is 1. The number of ether oxygens (including phenoxy) is 1. The smallest absolute Gasteiger partial charge is 0.263 e. The molecule has 11 heteroatoms. The molecule has 3 N–H and O–H groups in total. The molecule has 0 saturated carbocycles. The summed E-state index contributed by atoms with van der Waals surface area (Å²) in [5.74, 6) is 0.0859. The van der Waals surface area contributed by atoms with Gasteiger partial charge in [0.05, 0.1) is 35.5 Å². The number of aliphatic hydroxyl groups is 1. The number of hydrogen-bond acceptors (Lipinski definition) is 8. The molecule has 1 aliphatic rings. The van der Waals surface area contributed by atoms with Crippen LogP contribution in [-0.2, 0) is 9.59 Å². The summed E-state index contributed by atoms with van der Waals surface area (Å²) in [6.45, 7) is 6.40. The number of aromatic nitrogens is 2. The van der Waals surface area contributed by atoms with E-state index in [-0.39, 0.29) is 42.6 Å². The summed E-state index contributed by atoms with van der Waals surface area (Å²) in [5, 5.41) is 10.4. The Labute approximate surface area is 227 Å². The molecule has 2 heterocycles. The van der Waals surface area contributed by atoms with Gasteiger partial charge in [0.1, 0.15) is 18.2 Å². The van der Waals surface area contributed by atoms with E-state index in [1.54, 1.807) is 36.9 Å². The zero-order chi connectivity index (χ0) is 28.4. The molecule has 1 atom stereocenters. The zero-order valence-electron chi connectivity index (χ0n) is 22.6. The summed E-state index contributed by atoms with van der Waals surface area (Å²) < 4.78 is 21.0. The Morgan fingerprint density at radius 1 is 1.29 bits per heavy atom. The first-order chi connectivity index (χ1) is 17.8. The third-order valence-electron chi connectivity index (χ3n) is 6.32. The Bertz CT molecular complexity index is 1260. The Morgan fingerprint density at radius 3 is 2.50 bits per heavy atom. The fourth-order valence-corrected chi connectivity index (χ4v) is 4.63. The highest BCUT2D eigenvalue weighted by atomic mass is 35.5. The summed E-state index contributed by atoms with van der Waals surface area (Å²) in [6.07, 6.45) is 0.818. The highest BCUT2D eigenvalue weighted by molar-refractivity contribution is 6.33. The van der Waals surface area contributed by atoms with Crippen LogP contribution in [0.5, 0.6) is 5.75 Å². The summed E-state index contributed by atoms with van der Waals surface area (Å²) in [4.78, 5) is 37.1. The van der Waals surface area contributed by atoms with Gasteiger partial charge < -0.3 is 25.4 Å². The van der Waals surface area contributed by atoms with Gasteiger partial charge in [0.15, 0.2) is 11.6 Å². The lowest BCUT2D eigenvalue weighted by Crippen LogP contribution is -2.66. The van der Waals surface area contributed by atoms with Crippen molar-refractivity contribution in [2.24, 2.45) is 5.73 Å². The first-order valence-electron chi connectivity index (χ1n) is 12.4. The van der Waals surface area contributed by atoms with Gasteiger partial charge in [0, 0.05) is 30.9 Å². The average Bonchev–Trinajstić information content (AvgIpc) is 2.82. The lowest BCUT2D eigenvalue weighted by Gasteiger charge is -2.45. The van der Waals surface area contributed by atoms with Crippen LogP contribution >= 0.6 is 11.6 Å². The van der Waals surface area contributed by atoms with Gasteiger partial charge in [-0.2, -0.15) is 0 Å². The van der Waals surface area contributed by atoms with Gasteiger partial charge in [-0.1, -0.05) is 24.9 Å². The minimum Gasteiger partial charge on any atom is -0.491 e. The molecule has 1 amide bonds. The number of aliphatic hydroxyl groups excluding tert-OH is 1. The molecule has 1 aromatic carbocycles. The summed E-state index contributed by atoms with van der Waals surface area (Å²) in [6, 6.07) is 4.95. The van der Waals surface area contributed by atoms with Crippen LogP contribution < -0.4 is 15.4 Å². The summed E-state index contributed by atoms with van der Waals surface area (Å²) in [5.41, 5.74) is 5.76. The highest BCUT2D eigenvalue weighted by Crippen LogP contribution is 2.38. The second-order valence-corrected chi connectivity index (χ2v) is 10.3. The standard InChI is InChI=1S/C27H35ClFN5O4/c1-7-8-18(36)12-38-19-9-10-21(28)20(11-19)24-31-23(22(16(3)30)17(4)35)15(2)25(32-24)34-13-27(29,14-34)26(37)33(5)6/h9-11,18,36H,7-8,12-14,30H2,1-6H3/t18-/m1/s1. The van der Waals surface area contributed by atoms with Gasteiger partial charge in [-0.3, -0.25) is 9.59 Å². The molecule has 1 fully saturated rings. The molecule has 9 nitrogen and oxygen atoms in total. The minimum atomic E-state index is -2.05. The van der Waals surface area contributed by atoms with Crippen LogP contribution in [0.1, 0.15) is 44.9 Å². The van der Waals surface area contributed by atoms with E-state index in [0.717, 1.165) is 6.42 Å². The molecular formula is C27H35ClFN5O4. The van der Waals surface area contributed by atoms with E-state index in [1.807, 2.05) is 6.92 Å². The van der Waals surface area contributed by atoms with Crippen LogP contribution in [0.3, 0.4) is 0 Å². The Hall–Kier alpha value is -3.24. The van der Waals surface area contributed by atoms with E-state index in [2.05, 4.69) is 9.97 Å². The van der Waals surface area contributed by atoms with E-state index in [0.29, 0.717) is 39.8 Å². The van der Waals surface area contributed by atoms with Crippen LogP contribution in [0.25, 0.3) is 17.0 Å². The molecule has 0 radical (unpaired) electrons. The number of carbonyl (C=O) groups is 2. The number of ketones is 1. The molecule has 0 spiro atoms. The van der Waals surface area contributed by atoms with Crippen molar-refractivity contribution < 1.29 is 23.8 Å². The molecule has 0 aliphatic carbocycles. The monoisotopic (exact) mass is 547 g/mol. The van der Waals surface area contributed by atoms with Gasteiger partial charge in [0.25, 0.3) is 5.91 Å². The molecule has 38 heavy (non-hydrogen) atoms. The number of benzene rings is 1. The molecule has 206 valence electrons. The predicted molar refractivity (Wildman–Crippen MR) is 146 cm³/mol. The first-order valence-corrected chi connectivity index (χ1v) is 12.8. The van der Waals surface area contributed by atoms with Crippen molar-refractivity contribution in [1.82, 2.24) is 14.9 Å². The number of alkyl halides is 1. The van der Waals surface area contributed by atoms with E-state index in [4.69, 9.17) is 22.1 Å². The van der Waals surface area contributed by atoms with Gasteiger partial charge in [0.2, 0.25) is 5.67 Å². The minimum absolute atomic E-state index is 0.107. The number of amides is 1. The second-order valence-electron chi connectivity index (χ2n) is 9.87. The summed E-state index contributed by atoms with van der Waals surface area (Å²) in [7, 11) is 3.01. The van der Waals surface area contributed by atoms with Gasteiger partial charge in [-0.05, 0) is 45.4 Å². The SMILES string of the molecule is CCC[C@@H](O)COc1ccc(Cl)c(-c2nc(C(C(C)=O)=C(C)N)c(C)c(N3CC(F)(C(=O)N(C)C)C3)n2)c1. The third-order valence-corrected chi connectivity index (χ3v) is 6.65. The number of anilines is 1. The van der Waals surface area contributed by atoms with E-state index in [1.165, 1.54) is 25.9 Å². The molecule has 1 aromatic heterocycles. The maximum absolute atomic E-state index is 15.3. The fraction of sp³-hybridized carbons (Fsp3) is 0.481. The topological polar surface area (TPSA) is 122 Å². The number of nitrogens with two attached hydrogens (primary N) is 1. The molecule has 3 rings (SSSR count). The molecular weight excluding hydrogens is 513 g/mol. The van der Waals surface area contributed by atoms with Crippen molar-refractivity contribution in [3.63, 3.8) is 0 Å². The Morgan fingerprint density at radius 2 is 1.95 bits per heavy atom. The van der Waals surface area contributed by atoms with Gasteiger partial charge in [-0.15, -0.1) is 0 Å². The maximum atomic E-state index is 15.3. The van der Waals surface area contributed by atoms with Crippen molar-refractivity contribution in [2.75, 3.05) is 38.7 Å². The zero-order valence-corrected chi connectivity index (χ0v) is 23.4. The lowest BCUT2D eigenvalue weighted by atomic mass is 9.93. The molecule has 0 unspecified atom stereocenters. The van der Waals surface area contributed by atoms with Crippen LogP contribution in [0, 0.1) is 6.92 Å². The number of allylic oxidation sites excluding steroid dienone is 2. The van der Waals surface area contributed by atoms with Crippen molar-refractivity contribution in [1.29, 1.82) is 0 Å². The molecule has 0 bridgehead atoms. The van der Waals surface area contributed by atoms with Crippen LogP contribution in [0.2, 0.25) is 5.02 Å². The van der Waals surface area contributed by atoms with Crippen molar-refractivity contribution >= 4 is 34.7 Å². The lowest BCUT2D eigenvalue weighted by molar-refractivity contribution is -0.143. The Kier molecular flexibility index (Phi) is 8.99. The van der Waals surface area contributed by atoms with Crippen LogP contribution in [0.4, 0.5) is 10.2 Å². The van der Waals surface area contributed by atoms with Gasteiger partial charge in [-0.25, -0.2) is 14.4 Å². The van der Waals surface area contributed by atoms with E-state index in [9.17, 15) is 14.7 Å². The maximum Gasteiger partial charge on any atom is 0.263 e. The van der Waals surface area contributed by atoms with Crippen LogP contribution in [0.15, 0.2) is 23.9 Å². The average molecular weight is 548 g/mol. The number of rotatable bonds is 10. The second kappa shape index (κ2) is 11.7. The highest BCUT2D eigenvalue weighted by Gasteiger charge is 2.52. The van der Waals surface area contributed by atoms with E-state index < -0.39 is 17.7 Å². The molecule has 1 saturated heterocycles. The van der Waals surface area contributed by atoms with Crippen molar-refractivity contribution in [2.45, 2.75) is 52.3 Å². The van der Waals surface area contributed by atoms with Crippen LogP contribution in [-0.4, -0.2) is 77.2 Å². The molecule has 1 aliphatic heterocycles.